The molecule has 1 aliphatic heterocycles. The smallest absolute Gasteiger partial charge is 0.264 e. The number of thiophene rings is 1. The molecule has 1 amide bonds. The summed E-state index contributed by atoms with van der Waals surface area (Å²) in [4.78, 5) is 34.6. The van der Waals surface area contributed by atoms with E-state index in [0.29, 0.717) is 28.2 Å². The van der Waals surface area contributed by atoms with Gasteiger partial charge >= 0.3 is 0 Å². The fourth-order valence-electron chi connectivity index (χ4n) is 4.08. The molecule has 0 N–H and O–H groups in total. The Morgan fingerprint density at radius 3 is 2.76 bits per heavy atom. The highest BCUT2D eigenvalue weighted by molar-refractivity contribution is 7.20. The lowest BCUT2D eigenvalue weighted by molar-refractivity contribution is 0.0747. The van der Waals surface area contributed by atoms with E-state index < -0.39 is 0 Å². The second-order valence-electron chi connectivity index (χ2n) is 7.74. The molecule has 0 aliphatic carbocycles. The third kappa shape index (κ3) is 3.86. The predicted octanol–water partition coefficient (Wildman–Crippen LogP) is 4.55. The van der Waals surface area contributed by atoms with Gasteiger partial charge in [0.05, 0.1) is 10.3 Å². The van der Waals surface area contributed by atoms with Crippen LogP contribution in [-0.2, 0) is 19.5 Å². The lowest BCUT2D eigenvalue weighted by Crippen LogP contribution is -2.31. The fraction of sp³-hybridized carbons (Fsp3) is 0.435. The first-order valence-electron chi connectivity index (χ1n) is 10.5. The fourth-order valence-corrected chi connectivity index (χ4v) is 5.24. The van der Waals surface area contributed by atoms with Crippen LogP contribution in [0.4, 0.5) is 0 Å². The third-order valence-electron chi connectivity index (χ3n) is 5.60. The van der Waals surface area contributed by atoms with Crippen LogP contribution in [0, 0.1) is 6.92 Å². The standard InChI is InChI=1S/C23H27N3O2S/c1-3-13-25(15-17-10-6-4-7-11-17)23(28)20-16(2)19-21(29-20)24-18-12-8-5-9-14-26(18)22(19)27/h4,6-7,10-11H,3,5,8-9,12-15H2,1-2H3. The Balaban J connectivity index is 1.74. The highest BCUT2D eigenvalue weighted by Gasteiger charge is 2.25. The summed E-state index contributed by atoms with van der Waals surface area (Å²) in [6.07, 6.45) is 4.93. The van der Waals surface area contributed by atoms with Crippen LogP contribution in [0.25, 0.3) is 10.2 Å². The van der Waals surface area contributed by atoms with E-state index >= 15 is 0 Å². The molecule has 4 rings (SSSR count). The number of carbonyl (C=O) groups is 1. The van der Waals surface area contributed by atoms with Gasteiger partial charge in [0.1, 0.15) is 10.7 Å². The summed E-state index contributed by atoms with van der Waals surface area (Å²) in [7, 11) is 0. The monoisotopic (exact) mass is 409 g/mol. The second-order valence-corrected chi connectivity index (χ2v) is 8.74. The maximum absolute atomic E-state index is 13.4. The number of nitrogens with zero attached hydrogens (tertiary/aromatic N) is 3. The first-order valence-corrected chi connectivity index (χ1v) is 11.3. The van der Waals surface area contributed by atoms with Gasteiger partial charge in [0, 0.05) is 26.1 Å². The van der Waals surface area contributed by atoms with Crippen LogP contribution in [0.2, 0.25) is 0 Å². The van der Waals surface area contributed by atoms with Gasteiger partial charge < -0.3 is 4.90 Å². The number of hydrogen-bond acceptors (Lipinski definition) is 4. The van der Waals surface area contributed by atoms with Crippen molar-refractivity contribution >= 4 is 27.5 Å². The Bertz CT molecular complexity index is 1080. The van der Waals surface area contributed by atoms with Crippen LogP contribution in [0.3, 0.4) is 0 Å². The van der Waals surface area contributed by atoms with Crippen molar-refractivity contribution in [3.05, 3.63) is 62.5 Å². The maximum Gasteiger partial charge on any atom is 0.264 e. The highest BCUT2D eigenvalue weighted by atomic mass is 32.1. The topological polar surface area (TPSA) is 55.2 Å². The molecule has 0 saturated carbocycles. The van der Waals surface area contributed by atoms with E-state index in [4.69, 9.17) is 4.98 Å². The SMILES string of the molecule is CCCN(Cc1ccccc1)C(=O)c1sc2nc3n(c(=O)c2c1C)CCCCC3. The lowest BCUT2D eigenvalue weighted by Gasteiger charge is -2.22. The lowest BCUT2D eigenvalue weighted by atomic mass is 10.1. The van der Waals surface area contributed by atoms with Gasteiger partial charge in [0.2, 0.25) is 0 Å². The van der Waals surface area contributed by atoms with Gasteiger partial charge in [0.15, 0.2) is 0 Å². The van der Waals surface area contributed by atoms with Crippen molar-refractivity contribution in [2.24, 2.45) is 0 Å². The average Bonchev–Trinajstić information content (AvgIpc) is 2.89. The number of aryl methyl sites for hydroxylation is 2. The van der Waals surface area contributed by atoms with E-state index in [1.807, 2.05) is 46.7 Å². The average molecular weight is 410 g/mol. The quantitative estimate of drug-likeness (QED) is 0.621. The third-order valence-corrected chi connectivity index (χ3v) is 6.78. The van der Waals surface area contributed by atoms with E-state index in [1.54, 1.807) is 0 Å². The number of hydrogen-bond donors (Lipinski definition) is 0. The summed E-state index contributed by atoms with van der Waals surface area (Å²) in [5.74, 6) is 0.866. The zero-order valence-corrected chi connectivity index (χ0v) is 17.9. The number of benzene rings is 1. The summed E-state index contributed by atoms with van der Waals surface area (Å²) in [5.41, 5.74) is 1.91. The van der Waals surface area contributed by atoms with Gasteiger partial charge in [-0.25, -0.2) is 4.98 Å². The van der Waals surface area contributed by atoms with Crippen molar-refractivity contribution in [3.63, 3.8) is 0 Å². The van der Waals surface area contributed by atoms with Gasteiger partial charge in [0.25, 0.3) is 11.5 Å². The van der Waals surface area contributed by atoms with E-state index in [9.17, 15) is 9.59 Å². The summed E-state index contributed by atoms with van der Waals surface area (Å²) in [5, 5.41) is 0.625. The molecule has 1 aliphatic rings. The van der Waals surface area contributed by atoms with E-state index in [1.165, 1.54) is 11.3 Å². The van der Waals surface area contributed by atoms with Crippen LogP contribution in [0.15, 0.2) is 35.1 Å². The molecule has 0 bridgehead atoms. The Morgan fingerprint density at radius 2 is 2.00 bits per heavy atom. The molecule has 29 heavy (non-hydrogen) atoms. The first kappa shape index (κ1) is 19.8. The summed E-state index contributed by atoms with van der Waals surface area (Å²) in [6.45, 7) is 5.96. The summed E-state index contributed by atoms with van der Waals surface area (Å²) >= 11 is 1.37. The minimum Gasteiger partial charge on any atom is -0.334 e. The molecule has 0 atom stereocenters. The molecule has 152 valence electrons. The second kappa shape index (κ2) is 8.49. The number of aromatic nitrogens is 2. The van der Waals surface area contributed by atoms with Gasteiger partial charge in [-0.05, 0) is 37.3 Å². The summed E-state index contributed by atoms with van der Waals surface area (Å²) in [6, 6.07) is 10.0. The van der Waals surface area contributed by atoms with E-state index in [2.05, 4.69) is 6.92 Å². The van der Waals surface area contributed by atoms with Crippen LogP contribution < -0.4 is 5.56 Å². The molecular weight excluding hydrogens is 382 g/mol. The molecule has 1 aromatic carbocycles. The van der Waals surface area contributed by atoms with E-state index in [-0.39, 0.29) is 11.5 Å². The van der Waals surface area contributed by atoms with Crippen LogP contribution in [0.1, 0.15) is 59.2 Å². The molecule has 0 spiro atoms. The minimum atomic E-state index is -0.00389. The molecule has 2 aromatic heterocycles. The molecule has 3 aromatic rings. The van der Waals surface area contributed by atoms with Crippen LogP contribution in [0.5, 0.6) is 0 Å². The molecule has 0 fully saturated rings. The van der Waals surface area contributed by atoms with Crippen LogP contribution in [-0.4, -0.2) is 26.9 Å². The molecular formula is C23H27N3O2S. The number of rotatable bonds is 5. The zero-order chi connectivity index (χ0) is 20.4. The number of amides is 1. The van der Waals surface area contributed by atoms with E-state index in [0.717, 1.165) is 55.6 Å². The van der Waals surface area contributed by atoms with Crippen LogP contribution >= 0.6 is 11.3 Å². The minimum absolute atomic E-state index is 0.00389. The molecule has 0 radical (unpaired) electrons. The molecule has 6 heteroatoms. The molecule has 5 nitrogen and oxygen atoms in total. The first-order chi connectivity index (χ1) is 14.1. The number of fused-ring (bicyclic) bond motifs is 2. The van der Waals surface area contributed by atoms with Crippen molar-refractivity contribution < 1.29 is 4.79 Å². The van der Waals surface area contributed by atoms with Gasteiger partial charge in [-0.3, -0.25) is 14.2 Å². The summed E-state index contributed by atoms with van der Waals surface area (Å²) < 4.78 is 1.83. The normalized spacial score (nSPS) is 13.9. The number of carbonyl (C=O) groups excluding carboxylic acids is 1. The molecule has 3 heterocycles. The Hall–Kier alpha value is -2.47. The Kier molecular flexibility index (Phi) is 5.81. The van der Waals surface area contributed by atoms with Crippen molar-refractivity contribution in [2.75, 3.05) is 6.54 Å². The highest BCUT2D eigenvalue weighted by Crippen LogP contribution is 2.30. The maximum atomic E-state index is 13.4. The van der Waals surface area contributed by atoms with Gasteiger partial charge in [-0.1, -0.05) is 43.7 Å². The molecule has 0 saturated heterocycles. The van der Waals surface area contributed by atoms with Crippen molar-refractivity contribution in [1.29, 1.82) is 0 Å². The zero-order valence-electron chi connectivity index (χ0n) is 17.1. The Morgan fingerprint density at radius 1 is 1.21 bits per heavy atom. The Labute approximate surface area is 175 Å². The van der Waals surface area contributed by atoms with Crippen molar-refractivity contribution in [1.82, 2.24) is 14.5 Å². The van der Waals surface area contributed by atoms with Crippen molar-refractivity contribution in [3.8, 4) is 0 Å². The van der Waals surface area contributed by atoms with Gasteiger partial charge in [-0.2, -0.15) is 0 Å². The predicted molar refractivity (Wildman–Crippen MR) is 118 cm³/mol. The molecule has 0 unspecified atom stereocenters. The largest absolute Gasteiger partial charge is 0.334 e. The van der Waals surface area contributed by atoms with Crippen molar-refractivity contribution in [2.45, 2.75) is 59.0 Å². The van der Waals surface area contributed by atoms with Gasteiger partial charge in [-0.15, -0.1) is 11.3 Å².